The van der Waals surface area contributed by atoms with Crippen molar-refractivity contribution in [2.45, 2.75) is 33.2 Å². The second kappa shape index (κ2) is 10.1. The first-order chi connectivity index (χ1) is 16.8. The van der Waals surface area contributed by atoms with E-state index >= 15 is 0 Å². The van der Waals surface area contributed by atoms with Crippen molar-refractivity contribution in [3.05, 3.63) is 62.1 Å². The van der Waals surface area contributed by atoms with Gasteiger partial charge < -0.3 is 10.1 Å². The van der Waals surface area contributed by atoms with Crippen LogP contribution in [0.5, 0.6) is 0 Å². The van der Waals surface area contributed by atoms with Gasteiger partial charge in [-0.25, -0.2) is 9.78 Å². The topological polar surface area (TPSA) is 108 Å². The third-order valence-corrected chi connectivity index (χ3v) is 7.19. The average Bonchev–Trinajstić information content (AvgIpc) is 3.36. The molecule has 0 aliphatic rings. The molecule has 0 aliphatic carbocycles. The van der Waals surface area contributed by atoms with Crippen LogP contribution in [0.3, 0.4) is 0 Å². The lowest BCUT2D eigenvalue weighted by Gasteiger charge is -2.18. The number of nitrogens with one attached hydrogen (secondary N) is 1. The summed E-state index contributed by atoms with van der Waals surface area (Å²) >= 11 is 4.89. The van der Waals surface area contributed by atoms with Crippen molar-refractivity contribution in [2.75, 3.05) is 11.9 Å². The van der Waals surface area contributed by atoms with Gasteiger partial charge in [-0.2, -0.15) is 5.10 Å². The molecular weight excluding hydrogens is 534 g/mol. The van der Waals surface area contributed by atoms with Gasteiger partial charge in [0.2, 0.25) is 5.91 Å². The first kappa shape index (κ1) is 24.8. The molecule has 0 saturated carbocycles. The number of hydrogen-bond donors (Lipinski definition) is 1. The number of ether oxygens (including phenoxy) is 1. The van der Waals surface area contributed by atoms with E-state index in [-0.39, 0.29) is 23.5 Å². The number of aromatic nitrogens is 4. The summed E-state index contributed by atoms with van der Waals surface area (Å²) in [4.78, 5) is 45.4. The first-order valence-corrected chi connectivity index (χ1v) is 12.6. The lowest BCUT2D eigenvalue weighted by atomic mass is 10.0. The van der Waals surface area contributed by atoms with E-state index in [0.717, 1.165) is 20.5 Å². The molecule has 0 bridgehead atoms. The van der Waals surface area contributed by atoms with Crippen LogP contribution in [-0.4, -0.2) is 37.8 Å². The summed E-state index contributed by atoms with van der Waals surface area (Å²) < 4.78 is 8.73. The molecule has 1 N–H and O–H groups in total. The fourth-order valence-electron chi connectivity index (χ4n) is 3.95. The number of esters is 1. The third kappa shape index (κ3) is 4.65. The van der Waals surface area contributed by atoms with Crippen molar-refractivity contribution >= 4 is 55.2 Å². The van der Waals surface area contributed by atoms with Gasteiger partial charge in [0.15, 0.2) is 0 Å². The van der Waals surface area contributed by atoms with E-state index in [1.165, 1.54) is 33.1 Å². The monoisotopic (exact) mass is 557 g/mol. The van der Waals surface area contributed by atoms with Gasteiger partial charge >= 0.3 is 5.97 Å². The Hall–Kier alpha value is -3.31. The van der Waals surface area contributed by atoms with Crippen LogP contribution in [0, 0.1) is 6.92 Å². The van der Waals surface area contributed by atoms with Crippen molar-refractivity contribution in [3.63, 3.8) is 0 Å². The molecule has 182 valence electrons. The summed E-state index contributed by atoms with van der Waals surface area (Å²) in [5.74, 6) is -0.838. The Morgan fingerprint density at radius 3 is 2.60 bits per heavy atom. The largest absolute Gasteiger partial charge is 0.462 e. The number of rotatable bonds is 7. The van der Waals surface area contributed by atoms with Gasteiger partial charge in [-0.1, -0.05) is 35.0 Å². The number of thiophene rings is 1. The Bertz CT molecular complexity index is 1470. The normalized spacial score (nSPS) is 12.0. The molecule has 0 radical (unpaired) electrons. The number of carbonyl (C=O) groups is 2. The zero-order valence-corrected chi connectivity index (χ0v) is 22.1. The van der Waals surface area contributed by atoms with E-state index in [1.807, 2.05) is 38.1 Å². The van der Waals surface area contributed by atoms with E-state index in [1.54, 1.807) is 14.0 Å². The van der Waals surface area contributed by atoms with E-state index in [4.69, 9.17) is 4.74 Å². The number of anilines is 1. The highest BCUT2D eigenvalue weighted by Gasteiger charge is 2.26. The van der Waals surface area contributed by atoms with Crippen molar-refractivity contribution in [2.24, 2.45) is 7.05 Å². The van der Waals surface area contributed by atoms with Gasteiger partial charge in [0.1, 0.15) is 22.3 Å². The summed E-state index contributed by atoms with van der Waals surface area (Å²) in [5.41, 5.74) is 1.57. The Labute approximate surface area is 213 Å². The zero-order chi connectivity index (χ0) is 25.3. The van der Waals surface area contributed by atoms with Gasteiger partial charge in [0.25, 0.3) is 5.56 Å². The van der Waals surface area contributed by atoms with Gasteiger partial charge in [-0.3, -0.25) is 18.8 Å². The molecule has 4 aromatic rings. The van der Waals surface area contributed by atoms with Crippen molar-refractivity contribution in [3.8, 4) is 11.1 Å². The quantitative estimate of drug-likeness (QED) is 0.330. The van der Waals surface area contributed by atoms with Crippen molar-refractivity contribution in [1.82, 2.24) is 19.3 Å². The SMILES string of the molecule is CCOC(=O)c1cnn(C)c1NC(=O)C(CC)n1cnc2sc(C)c(-c3ccc(Br)cc3)c2c1=O. The van der Waals surface area contributed by atoms with Gasteiger partial charge in [-0.15, -0.1) is 11.3 Å². The molecule has 11 heteroatoms. The molecule has 35 heavy (non-hydrogen) atoms. The molecule has 3 heterocycles. The zero-order valence-electron chi connectivity index (χ0n) is 19.7. The maximum Gasteiger partial charge on any atom is 0.343 e. The summed E-state index contributed by atoms with van der Waals surface area (Å²) in [6, 6.07) is 6.88. The number of hydrogen-bond acceptors (Lipinski definition) is 7. The highest BCUT2D eigenvalue weighted by molar-refractivity contribution is 9.10. The molecular formula is C24H24BrN5O4S. The highest BCUT2D eigenvalue weighted by atomic mass is 79.9. The summed E-state index contributed by atoms with van der Waals surface area (Å²) in [5, 5.41) is 7.30. The van der Waals surface area contributed by atoms with Crippen LogP contribution >= 0.6 is 27.3 Å². The molecule has 1 amide bonds. The van der Waals surface area contributed by atoms with Crippen LogP contribution in [0.4, 0.5) is 5.82 Å². The number of nitrogens with zero attached hydrogens (tertiary/aromatic N) is 4. The molecule has 1 aromatic carbocycles. The number of amides is 1. The van der Waals surface area contributed by atoms with E-state index < -0.39 is 17.9 Å². The van der Waals surface area contributed by atoms with Gasteiger partial charge in [0, 0.05) is 22.0 Å². The number of benzene rings is 1. The predicted octanol–water partition coefficient (Wildman–Crippen LogP) is 4.70. The van der Waals surface area contributed by atoms with Crippen LogP contribution in [0.1, 0.15) is 41.5 Å². The fourth-order valence-corrected chi connectivity index (χ4v) is 5.22. The van der Waals surface area contributed by atoms with Crippen LogP contribution in [-0.2, 0) is 16.6 Å². The molecule has 0 fully saturated rings. The van der Waals surface area contributed by atoms with Crippen LogP contribution in [0.15, 0.2) is 46.1 Å². The Morgan fingerprint density at radius 1 is 1.23 bits per heavy atom. The molecule has 4 rings (SSSR count). The Balaban J connectivity index is 1.75. The number of aryl methyl sites for hydroxylation is 2. The van der Waals surface area contributed by atoms with Crippen molar-refractivity contribution < 1.29 is 14.3 Å². The number of carbonyl (C=O) groups excluding carboxylic acids is 2. The van der Waals surface area contributed by atoms with E-state index in [0.29, 0.717) is 16.6 Å². The lowest BCUT2D eigenvalue weighted by Crippen LogP contribution is -2.34. The minimum atomic E-state index is -0.845. The van der Waals surface area contributed by atoms with Crippen LogP contribution in [0.2, 0.25) is 0 Å². The first-order valence-electron chi connectivity index (χ1n) is 11.0. The molecule has 0 aliphatic heterocycles. The van der Waals surface area contributed by atoms with E-state index in [9.17, 15) is 14.4 Å². The molecule has 0 spiro atoms. The Morgan fingerprint density at radius 2 is 1.94 bits per heavy atom. The Kier molecular flexibility index (Phi) is 7.18. The number of fused-ring (bicyclic) bond motifs is 1. The number of halogens is 1. The standard InChI is InChI=1S/C24H24BrN5O4S/c1-5-17(21(31)28-20-16(11-27-29(20)4)24(33)34-6-2)30-12-26-22-19(23(30)32)18(13(3)35-22)14-7-9-15(25)10-8-14/h7-12,17H,5-6H2,1-4H3,(H,28,31). The van der Waals surface area contributed by atoms with Gasteiger partial charge in [-0.05, 0) is 38.0 Å². The minimum absolute atomic E-state index is 0.143. The molecule has 3 aromatic heterocycles. The second-order valence-corrected chi connectivity index (χ2v) is 9.96. The van der Waals surface area contributed by atoms with Crippen LogP contribution in [0.25, 0.3) is 21.3 Å². The van der Waals surface area contributed by atoms with E-state index in [2.05, 4.69) is 31.3 Å². The highest BCUT2D eigenvalue weighted by Crippen LogP contribution is 2.36. The summed E-state index contributed by atoms with van der Waals surface area (Å²) in [7, 11) is 1.61. The maximum absolute atomic E-state index is 13.7. The van der Waals surface area contributed by atoms with Crippen molar-refractivity contribution in [1.29, 1.82) is 0 Å². The minimum Gasteiger partial charge on any atom is -0.462 e. The maximum atomic E-state index is 13.7. The predicted molar refractivity (Wildman–Crippen MR) is 139 cm³/mol. The lowest BCUT2D eigenvalue weighted by molar-refractivity contribution is -0.119. The third-order valence-electron chi connectivity index (χ3n) is 5.65. The molecule has 9 nitrogen and oxygen atoms in total. The summed E-state index contributed by atoms with van der Waals surface area (Å²) in [6.07, 6.45) is 3.09. The molecule has 1 unspecified atom stereocenters. The second-order valence-electron chi connectivity index (χ2n) is 7.84. The smallest absolute Gasteiger partial charge is 0.343 e. The van der Waals surface area contributed by atoms with Gasteiger partial charge in [0.05, 0.1) is 24.5 Å². The van der Waals surface area contributed by atoms with Crippen LogP contribution < -0.4 is 10.9 Å². The average molecular weight is 558 g/mol. The molecule has 0 saturated heterocycles. The molecule has 1 atom stereocenters. The summed E-state index contributed by atoms with van der Waals surface area (Å²) in [6.45, 7) is 5.66. The fraction of sp³-hybridized carbons (Fsp3) is 0.292.